The maximum absolute atomic E-state index is 11.7. The van der Waals surface area contributed by atoms with Crippen molar-refractivity contribution in [1.29, 1.82) is 0 Å². The summed E-state index contributed by atoms with van der Waals surface area (Å²) in [7, 11) is 0. The van der Waals surface area contributed by atoms with Gasteiger partial charge < -0.3 is 15.5 Å². The lowest BCUT2D eigenvalue weighted by atomic mass is 10.1. The number of carbonyl (C=O) groups excluding carboxylic acids is 1. The number of nitrogens with zero attached hydrogens (tertiary/aromatic N) is 4. The number of hydrogen-bond acceptors (Lipinski definition) is 6. The van der Waals surface area contributed by atoms with E-state index in [0.29, 0.717) is 29.2 Å². The molecule has 4 rings (SSSR count). The van der Waals surface area contributed by atoms with E-state index < -0.39 is 0 Å². The van der Waals surface area contributed by atoms with Gasteiger partial charge in [0.25, 0.3) is 0 Å². The summed E-state index contributed by atoms with van der Waals surface area (Å²) in [6.45, 7) is 2.40. The molecule has 0 aliphatic carbocycles. The number of nitrogens with two attached hydrogens (primary N) is 1. The Balaban J connectivity index is 1.69. The summed E-state index contributed by atoms with van der Waals surface area (Å²) >= 11 is 0. The zero-order chi connectivity index (χ0) is 13.7. The van der Waals surface area contributed by atoms with E-state index in [2.05, 4.69) is 15.2 Å². The van der Waals surface area contributed by atoms with Gasteiger partial charge in [0.2, 0.25) is 5.91 Å². The van der Waals surface area contributed by atoms with Crippen LogP contribution >= 0.6 is 0 Å². The predicted molar refractivity (Wildman–Crippen MR) is 73.2 cm³/mol. The van der Waals surface area contributed by atoms with Crippen molar-refractivity contribution < 1.29 is 9.42 Å². The molecule has 0 bridgehead atoms. The number of carbonyl (C=O) groups is 1. The topological polar surface area (TPSA) is 88.5 Å². The number of rotatable bonds is 1. The quantitative estimate of drug-likeness (QED) is 0.766. The first-order chi connectivity index (χ1) is 9.74. The summed E-state index contributed by atoms with van der Waals surface area (Å²) in [6, 6.07) is 4.09. The second kappa shape index (κ2) is 4.09. The Labute approximate surface area is 115 Å². The van der Waals surface area contributed by atoms with Gasteiger partial charge in [0.1, 0.15) is 0 Å². The summed E-state index contributed by atoms with van der Waals surface area (Å²) in [5, 5.41) is 7.82. The van der Waals surface area contributed by atoms with E-state index in [9.17, 15) is 4.79 Å². The fourth-order valence-corrected chi connectivity index (χ4v) is 3.21. The molecule has 0 radical (unpaired) electrons. The number of piperazine rings is 1. The van der Waals surface area contributed by atoms with Crippen LogP contribution in [0.15, 0.2) is 16.8 Å². The van der Waals surface area contributed by atoms with Gasteiger partial charge in [-0.25, -0.2) is 4.63 Å². The smallest absolute Gasteiger partial charge is 0.223 e. The SMILES string of the molecule is Nc1ccc(N2CCN3C(=O)CCC3C2)c2nonc12. The average Bonchev–Trinajstić information content (AvgIpc) is 3.07. The third-order valence-corrected chi connectivity index (χ3v) is 4.26. The Hall–Kier alpha value is -2.31. The molecule has 7 nitrogen and oxygen atoms in total. The van der Waals surface area contributed by atoms with Gasteiger partial charge in [-0.2, -0.15) is 0 Å². The zero-order valence-electron chi connectivity index (χ0n) is 11.0. The maximum Gasteiger partial charge on any atom is 0.223 e. The largest absolute Gasteiger partial charge is 0.397 e. The Kier molecular flexibility index (Phi) is 2.35. The average molecular weight is 273 g/mol. The van der Waals surface area contributed by atoms with Crippen molar-refractivity contribution in [2.45, 2.75) is 18.9 Å². The van der Waals surface area contributed by atoms with Crippen LogP contribution in [-0.2, 0) is 4.79 Å². The highest BCUT2D eigenvalue weighted by Crippen LogP contribution is 2.31. The van der Waals surface area contributed by atoms with Gasteiger partial charge >= 0.3 is 0 Å². The highest BCUT2D eigenvalue weighted by Gasteiger charge is 2.36. The van der Waals surface area contributed by atoms with E-state index >= 15 is 0 Å². The summed E-state index contributed by atoms with van der Waals surface area (Å²) in [5.41, 5.74) is 8.72. The van der Waals surface area contributed by atoms with Crippen LogP contribution < -0.4 is 10.6 Å². The van der Waals surface area contributed by atoms with Crippen LogP contribution in [-0.4, -0.2) is 46.8 Å². The first kappa shape index (κ1) is 11.5. The fourth-order valence-electron chi connectivity index (χ4n) is 3.21. The summed E-state index contributed by atoms with van der Waals surface area (Å²) in [5.74, 6) is 0.278. The lowest BCUT2D eigenvalue weighted by molar-refractivity contribution is -0.129. The Morgan fingerprint density at radius 3 is 3.00 bits per heavy atom. The molecule has 0 saturated carbocycles. The molecule has 3 heterocycles. The number of benzene rings is 1. The number of nitrogen functional groups attached to an aromatic ring is 1. The van der Waals surface area contributed by atoms with Gasteiger partial charge in [0.05, 0.1) is 11.4 Å². The number of fused-ring (bicyclic) bond motifs is 2. The van der Waals surface area contributed by atoms with E-state index in [0.717, 1.165) is 31.7 Å². The van der Waals surface area contributed by atoms with Gasteiger partial charge in [-0.1, -0.05) is 0 Å². The molecule has 20 heavy (non-hydrogen) atoms. The summed E-state index contributed by atoms with van der Waals surface area (Å²) < 4.78 is 4.81. The monoisotopic (exact) mass is 273 g/mol. The van der Waals surface area contributed by atoms with E-state index in [-0.39, 0.29) is 5.91 Å². The van der Waals surface area contributed by atoms with Gasteiger partial charge in [0, 0.05) is 32.1 Å². The van der Waals surface area contributed by atoms with Gasteiger partial charge in [-0.15, -0.1) is 0 Å². The minimum atomic E-state index is 0.278. The fraction of sp³-hybridized carbons (Fsp3) is 0.462. The lowest BCUT2D eigenvalue weighted by Crippen LogP contribution is -2.51. The third-order valence-electron chi connectivity index (χ3n) is 4.26. The molecule has 2 N–H and O–H groups in total. The molecule has 2 aliphatic rings. The minimum Gasteiger partial charge on any atom is -0.397 e. The molecule has 1 aromatic carbocycles. The Morgan fingerprint density at radius 2 is 2.10 bits per heavy atom. The second-order valence-corrected chi connectivity index (χ2v) is 5.36. The summed E-state index contributed by atoms with van der Waals surface area (Å²) in [6.07, 6.45) is 1.60. The Morgan fingerprint density at radius 1 is 1.25 bits per heavy atom. The lowest BCUT2D eigenvalue weighted by Gasteiger charge is -2.38. The molecule has 1 atom stereocenters. The highest BCUT2D eigenvalue weighted by atomic mass is 16.6. The van der Waals surface area contributed by atoms with Crippen LogP contribution in [0.4, 0.5) is 11.4 Å². The van der Waals surface area contributed by atoms with Crippen molar-refractivity contribution in [1.82, 2.24) is 15.2 Å². The van der Waals surface area contributed by atoms with Crippen molar-refractivity contribution in [3.8, 4) is 0 Å². The molecule has 2 saturated heterocycles. The minimum absolute atomic E-state index is 0.278. The zero-order valence-corrected chi connectivity index (χ0v) is 11.0. The molecule has 1 amide bonds. The van der Waals surface area contributed by atoms with E-state index in [4.69, 9.17) is 10.4 Å². The van der Waals surface area contributed by atoms with Crippen molar-refractivity contribution in [3.05, 3.63) is 12.1 Å². The van der Waals surface area contributed by atoms with Crippen LogP contribution in [0.5, 0.6) is 0 Å². The molecular formula is C13H15N5O2. The molecule has 2 aliphatic heterocycles. The first-order valence-corrected chi connectivity index (χ1v) is 6.79. The van der Waals surface area contributed by atoms with Gasteiger partial charge in [-0.05, 0) is 28.9 Å². The molecule has 0 spiro atoms. The van der Waals surface area contributed by atoms with Crippen molar-refractivity contribution >= 4 is 28.3 Å². The van der Waals surface area contributed by atoms with Crippen LogP contribution in [0, 0.1) is 0 Å². The molecule has 7 heteroatoms. The van der Waals surface area contributed by atoms with Gasteiger partial charge in [0.15, 0.2) is 11.0 Å². The second-order valence-electron chi connectivity index (χ2n) is 5.36. The first-order valence-electron chi connectivity index (χ1n) is 6.79. The van der Waals surface area contributed by atoms with E-state index in [1.165, 1.54) is 0 Å². The third kappa shape index (κ3) is 1.55. The van der Waals surface area contributed by atoms with E-state index in [1.54, 1.807) is 0 Å². The standard InChI is InChI=1S/C13H15N5O2/c14-9-2-3-10(13-12(9)15-20-16-13)17-5-6-18-8(7-17)1-4-11(18)19/h2-3,8H,1,4-7,14H2. The van der Waals surface area contributed by atoms with Crippen LogP contribution in [0.1, 0.15) is 12.8 Å². The maximum atomic E-state index is 11.7. The van der Waals surface area contributed by atoms with Crippen molar-refractivity contribution in [2.75, 3.05) is 30.3 Å². The van der Waals surface area contributed by atoms with Crippen molar-refractivity contribution in [3.63, 3.8) is 0 Å². The molecule has 1 aromatic heterocycles. The van der Waals surface area contributed by atoms with Crippen LogP contribution in [0.2, 0.25) is 0 Å². The summed E-state index contributed by atoms with van der Waals surface area (Å²) in [4.78, 5) is 16.0. The Bertz CT molecular complexity index is 682. The predicted octanol–water partition coefficient (Wildman–Crippen LogP) is 0.616. The molecule has 2 fully saturated rings. The highest BCUT2D eigenvalue weighted by molar-refractivity contribution is 5.95. The number of anilines is 2. The van der Waals surface area contributed by atoms with Crippen LogP contribution in [0.25, 0.3) is 11.0 Å². The van der Waals surface area contributed by atoms with Crippen LogP contribution in [0.3, 0.4) is 0 Å². The van der Waals surface area contributed by atoms with Crippen molar-refractivity contribution in [2.24, 2.45) is 0 Å². The number of amides is 1. The molecular weight excluding hydrogens is 258 g/mol. The number of aromatic nitrogens is 2. The normalized spacial score (nSPS) is 22.6. The number of hydrogen-bond donors (Lipinski definition) is 1. The van der Waals surface area contributed by atoms with Gasteiger partial charge in [-0.3, -0.25) is 4.79 Å². The molecule has 1 unspecified atom stereocenters. The van der Waals surface area contributed by atoms with E-state index in [1.807, 2.05) is 17.0 Å². The molecule has 2 aromatic rings. The molecule has 104 valence electrons.